The zero-order valence-electron chi connectivity index (χ0n) is 26.5. The molecule has 0 aliphatic carbocycles. The monoisotopic (exact) mass is 621 g/mol. The summed E-state index contributed by atoms with van der Waals surface area (Å²) in [5.74, 6) is 1.04. The van der Waals surface area contributed by atoms with Crippen LogP contribution in [-0.4, -0.2) is 72.0 Å². The second-order valence-electron chi connectivity index (χ2n) is 12.4. The molecule has 1 fully saturated rings. The van der Waals surface area contributed by atoms with E-state index in [-0.39, 0.29) is 23.9 Å². The maximum atomic E-state index is 13.5. The molecule has 46 heavy (non-hydrogen) atoms. The predicted octanol–water partition coefficient (Wildman–Crippen LogP) is 4.17. The fraction of sp³-hybridized carbons (Fsp3) is 0.412. The minimum absolute atomic E-state index is 0.00704. The number of aromatic nitrogens is 6. The number of nitrogens with zero attached hydrogens (tertiary/aromatic N) is 7. The highest BCUT2D eigenvalue weighted by molar-refractivity contribution is 6.00. The highest BCUT2D eigenvalue weighted by Gasteiger charge is 2.26. The number of carbonyl (C=O) groups excluding carboxylic acids is 2. The van der Waals surface area contributed by atoms with E-state index >= 15 is 0 Å². The zero-order chi connectivity index (χ0) is 31.9. The lowest BCUT2D eigenvalue weighted by molar-refractivity contribution is 0.0708. The summed E-state index contributed by atoms with van der Waals surface area (Å²) >= 11 is 0. The summed E-state index contributed by atoms with van der Waals surface area (Å²) in [7, 11) is 3.59. The van der Waals surface area contributed by atoms with Crippen LogP contribution in [-0.2, 0) is 20.0 Å². The maximum Gasteiger partial charge on any atom is 0.272 e. The van der Waals surface area contributed by atoms with E-state index in [1.807, 2.05) is 47.7 Å². The van der Waals surface area contributed by atoms with Crippen molar-refractivity contribution in [2.75, 3.05) is 20.2 Å². The number of likely N-dealkylation sites (tertiary alicyclic amines) is 1. The molecule has 2 bridgehead atoms. The number of piperidine rings is 1. The van der Waals surface area contributed by atoms with Crippen molar-refractivity contribution in [1.29, 1.82) is 0 Å². The highest BCUT2D eigenvalue weighted by atomic mass is 16.5. The van der Waals surface area contributed by atoms with Gasteiger partial charge in [-0.3, -0.25) is 14.6 Å². The van der Waals surface area contributed by atoms with Crippen molar-refractivity contribution >= 4 is 33.9 Å². The van der Waals surface area contributed by atoms with Crippen LogP contribution >= 0.6 is 0 Å². The average Bonchev–Trinajstić information content (AvgIpc) is 3.59. The molecule has 238 valence electrons. The van der Waals surface area contributed by atoms with Crippen molar-refractivity contribution in [1.82, 2.24) is 39.3 Å². The van der Waals surface area contributed by atoms with Crippen LogP contribution in [0.4, 0.5) is 0 Å². The predicted molar refractivity (Wildman–Crippen MR) is 175 cm³/mol. The summed E-state index contributed by atoms with van der Waals surface area (Å²) in [6, 6.07) is 9.43. The van der Waals surface area contributed by atoms with Gasteiger partial charge >= 0.3 is 0 Å². The lowest BCUT2D eigenvalue weighted by Gasteiger charge is -2.30. The van der Waals surface area contributed by atoms with Gasteiger partial charge in [-0.15, -0.1) is 0 Å². The van der Waals surface area contributed by atoms with Gasteiger partial charge in [0.15, 0.2) is 5.82 Å². The first kappa shape index (κ1) is 29.8. The van der Waals surface area contributed by atoms with Gasteiger partial charge in [0.2, 0.25) is 0 Å². The third-order valence-corrected chi connectivity index (χ3v) is 9.22. The van der Waals surface area contributed by atoms with E-state index in [9.17, 15) is 9.59 Å². The van der Waals surface area contributed by atoms with Crippen LogP contribution < -0.4 is 15.8 Å². The van der Waals surface area contributed by atoms with E-state index < -0.39 is 0 Å². The van der Waals surface area contributed by atoms with Gasteiger partial charge in [-0.05, 0) is 69.4 Å². The summed E-state index contributed by atoms with van der Waals surface area (Å²) < 4.78 is 10.1. The Hall–Kier alpha value is -4.84. The molecule has 2 amide bonds. The number of benzene rings is 1. The Morgan fingerprint density at radius 1 is 1.04 bits per heavy atom. The summed E-state index contributed by atoms with van der Waals surface area (Å²) in [5.41, 5.74) is 11.8. The Kier molecular flexibility index (Phi) is 7.89. The first-order valence-electron chi connectivity index (χ1n) is 16.0. The van der Waals surface area contributed by atoms with Crippen LogP contribution in [0, 0.1) is 0 Å². The van der Waals surface area contributed by atoms with Gasteiger partial charge < -0.3 is 29.8 Å². The van der Waals surface area contributed by atoms with Crippen molar-refractivity contribution in [3.8, 4) is 17.3 Å². The third-order valence-electron chi connectivity index (χ3n) is 9.22. The number of hydrogen-bond donors (Lipinski definition) is 2. The number of hydrogen-bond acceptors (Lipinski definition) is 8. The minimum Gasteiger partial charge on any atom is -0.494 e. The van der Waals surface area contributed by atoms with Gasteiger partial charge in [-0.2, -0.15) is 0 Å². The minimum atomic E-state index is -0.341. The first-order valence-corrected chi connectivity index (χ1v) is 16.0. The summed E-state index contributed by atoms with van der Waals surface area (Å²) in [5, 5.41) is 4.05. The zero-order valence-corrected chi connectivity index (χ0v) is 26.5. The molecular formula is C34H39N9O3. The number of carbonyl (C=O) groups is 2. The van der Waals surface area contributed by atoms with Crippen LogP contribution in [0.15, 0.2) is 42.7 Å². The molecule has 0 radical (unpaired) electrons. The summed E-state index contributed by atoms with van der Waals surface area (Å²) in [6.07, 6.45) is 8.42. The topological polar surface area (TPSA) is 146 Å². The number of nitrogens with one attached hydrogen (secondary N) is 1. The second-order valence-corrected chi connectivity index (χ2v) is 12.4. The quantitative estimate of drug-likeness (QED) is 0.305. The number of pyridine rings is 1. The number of imidazole rings is 1. The number of ether oxygens (including phenoxy) is 1. The smallest absolute Gasteiger partial charge is 0.272 e. The molecule has 2 aliphatic heterocycles. The van der Waals surface area contributed by atoms with E-state index in [0.29, 0.717) is 47.7 Å². The fourth-order valence-electron chi connectivity index (χ4n) is 6.81. The second kappa shape index (κ2) is 12.2. The molecule has 12 heteroatoms. The summed E-state index contributed by atoms with van der Waals surface area (Å²) in [6.45, 7) is 3.90. The number of nitrogens with two attached hydrogens (primary N) is 1. The molecule has 1 saturated heterocycles. The van der Waals surface area contributed by atoms with Gasteiger partial charge in [0.05, 0.1) is 35.8 Å². The van der Waals surface area contributed by atoms with Crippen LogP contribution in [0.3, 0.4) is 0 Å². The normalized spacial score (nSPS) is 19.2. The molecule has 2 aliphatic rings. The number of fused-ring (bicyclic) bond motifs is 3. The Labute approximate surface area is 267 Å². The first-order chi connectivity index (χ1) is 22.3. The third kappa shape index (κ3) is 5.36. The van der Waals surface area contributed by atoms with E-state index in [2.05, 4.69) is 25.9 Å². The van der Waals surface area contributed by atoms with Gasteiger partial charge in [0.1, 0.15) is 22.6 Å². The lowest BCUT2D eigenvalue weighted by atomic mass is 10.0. The highest BCUT2D eigenvalue weighted by Crippen LogP contribution is 2.35. The molecule has 1 aromatic carbocycles. The molecule has 3 N–H and O–H groups in total. The molecule has 5 aromatic rings. The largest absolute Gasteiger partial charge is 0.494 e. The van der Waals surface area contributed by atoms with Crippen molar-refractivity contribution in [3.63, 3.8) is 0 Å². The Morgan fingerprint density at radius 2 is 1.89 bits per heavy atom. The average molecular weight is 622 g/mol. The van der Waals surface area contributed by atoms with Crippen LogP contribution in [0.5, 0.6) is 5.75 Å². The van der Waals surface area contributed by atoms with E-state index in [1.165, 1.54) is 0 Å². The molecule has 2 atom stereocenters. The van der Waals surface area contributed by atoms with Crippen molar-refractivity contribution in [2.45, 2.75) is 64.1 Å². The van der Waals surface area contributed by atoms with Crippen molar-refractivity contribution in [3.05, 3.63) is 65.4 Å². The van der Waals surface area contributed by atoms with E-state index in [4.69, 9.17) is 20.4 Å². The molecule has 4 aromatic heterocycles. The molecule has 0 spiro atoms. The maximum absolute atomic E-state index is 13.5. The summed E-state index contributed by atoms with van der Waals surface area (Å²) in [4.78, 5) is 47.5. The Balaban J connectivity index is 1.30. The van der Waals surface area contributed by atoms with Crippen LogP contribution in [0.1, 0.15) is 77.3 Å². The Morgan fingerprint density at radius 3 is 2.72 bits per heavy atom. The molecule has 6 heterocycles. The van der Waals surface area contributed by atoms with Crippen molar-refractivity contribution < 1.29 is 14.3 Å². The van der Waals surface area contributed by atoms with Crippen LogP contribution in [0.2, 0.25) is 0 Å². The number of amides is 2. The molecule has 7 rings (SSSR count). The fourth-order valence-corrected chi connectivity index (χ4v) is 6.81. The number of aryl methyl sites for hydroxylation is 3. The van der Waals surface area contributed by atoms with E-state index in [1.54, 1.807) is 19.5 Å². The van der Waals surface area contributed by atoms with Gasteiger partial charge in [0.25, 0.3) is 11.8 Å². The van der Waals surface area contributed by atoms with E-state index in [0.717, 1.165) is 72.4 Å². The van der Waals surface area contributed by atoms with Gasteiger partial charge in [-0.1, -0.05) is 6.42 Å². The number of rotatable bonds is 3. The number of methoxy groups -OCH3 is 1. The Bertz CT molecular complexity index is 1960. The van der Waals surface area contributed by atoms with Crippen LogP contribution in [0.25, 0.3) is 33.6 Å². The SMILES string of the molecule is COc1cc(C(=O)N2CCC[C@@H](N)C2)cc2nc(-c3cc4ccc5nc4n3CCCCCc3nccnc3C(=O)N[C@@H]5C)n(C)c12. The van der Waals surface area contributed by atoms with Crippen molar-refractivity contribution in [2.24, 2.45) is 12.8 Å². The van der Waals surface area contributed by atoms with Gasteiger partial charge in [-0.25, -0.2) is 15.0 Å². The standard InChI is InChI=1S/C34H39N9O3/c1-20-24-11-10-21-17-27(43(31(21)39-24)15-6-4-5-9-25-29(33(44)38-20)37-13-12-36-25)32-40-26-16-22(18-28(46-3)30(26)41(32)2)34(45)42-14-7-8-23(35)19-42/h10-13,16-18,20,23H,4-9,14-15,19,35H2,1-3H3,(H,38,44)/t20-,23-/m1/s1. The van der Waals surface area contributed by atoms with Gasteiger partial charge in [0, 0.05) is 56.1 Å². The molecular weight excluding hydrogens is 582 g/mol. The molecule has 0 unspecified atom stereocenters. The molecule has 12 nitrogen and oxygen atoms in total. The molecule has 0 saturated carbocycles. The lowest BCUT2D eigenvalue weighted by Crippen LogP contribution is -2.45.